The second-order valence-electron chi connectivity index (χ2n) is 5.84. The molecule has 0 aromatic heterocycles. The van der Waals surface area contributed by atoms with Crippen LogP contribution in [-0.4, -0.2) is 29.8 Å². The van der Waals surface area contributed by atoms with Gasteiger partial charge in [-0.15, -0.1) is 0 Å². The summed E-state index contributed by atoms with van der Waals surface area (Å²) in [5.41, 5.74) is 8.46. The van der Waals surface area contributed by atoms with Crippen LogP contribution in [0.4, 0.5) is 0 Å². The molecule has 1 aliphatic heterocycles. The molecule has 1 fully saturated rings. The summed E-state index contributed by atoms with van der Waals surface area (Å²) in [5.74, 6) is 0.326. The average molecular weight is 294 g/mol. The molecule has 0 aliphatic carbocycles. The molecule has 2 N–H and O–H groups in total. The monoisotopic (exact) mass is 294 g/mol. The van der Waals surface area contributed by atoms with Crippen LogP contribution in [-0.2, 0) is 4.79 Å². The van der Waals surface area contributed by atoms with Crippen LogP contribution >= 0.6 is 0 Å². The number of likely N-dealkylation sites (tertiary alicyclic amines) is 1. The summed E-state index contributed by atoms with van der Waals surface area (Å²) in [5, 5.41) is 0. The van der Waals surface area contributed by atoms with Crippen LogP contribution in [0.25, 0.3) is 0 Å². The van der Waals surface area contributed by atoms with E-state index in [9.17, 15) is 4.79 Å². The Labute approximate surface area is 131 Å². The van der Waals surface area contributed by atoms with Crippen LogP contribution in [0.3, 0.4) is 0 Å². The Balaban J connectivity index is 2.00. The zero-order valence-corrected chi connectivity index (χ0v) is 12.7. The third-order valence-corrected chi connectivity index (χ3v) is 4.42. The van der Waals surface area contributed by atoms with E-state index in [0.717, 1.165) is 6.54 Å². The molecule has 3 rings (SSSR count). The number of Topliss-reactive ketones (excluding diaryl/α,β-unsaturated/α-hetero) is 1. The molecule has 0 bridgehead atoms. The molecule has 0 radical (unpaired) electrons. The van der Waals surface area contributed by atoms with E-state index >= 15 is 0 Å². The van der Waals surface area contributed by atoms with Gasteiger partial charge in [-0.2, -0.15) is 0 Å². The summed E-state index contributed by atoms with van der Waals surface area (Å²) in [7, 11) is 0. The first-order valence-corrected chi connectivity index (χ1v) is 7.87. The normalized spacial score (nSPS) is 19.5. The van der Waals surface area contributed by atoms with Gasteiger partial charge < -0.3 is 5.73 Å². The minimum absolute atomic E-state index is 0.117. The number of benzene rings is 2. The van der Waals surface area contributed by atoms with Crippen LogP contribution in [0.15, 0.2) is 60.7 Å². The number of ketones is 1. The highest BCUT2D eigenvalue weighted by atomic mass is 16.1. The van der Waals surface area contributed by atoms with Crippen molar-refractivity contribution in [2.75, 3.05) is 13.1 Å². The molecular weight excluding hydrogens is 272 g/mol. The van der Waals surface area contributed by atoms with Crippen LogP contribution < -0.4 is 5.73 Å². The van der Waals surface area contributed by atoms with Gasteiger partial charge in [-0.05, 0) is 11.1 Å². The van der Waals surface area contributed by atoms with Crippen molar-refractivity contribution in [3.63, 3.8) is 0 Å². The highest BCUT2D eigenvalue weighted by Gasteiger charge is 2.32. The van der Waals surface area contributed by atoms with E-state index in [0.29, 0.717) is 25.2 Å². The fraction of sp³-hybridized carbons (Fsp3) is 0.316. The first-order valence-electron chi connectivity index (χ1n) is 7.87. The van der Waals surface area contributed by atoms with Gasteiger partial charge in [-0.1, -0.05) is 60.7 Å². The fourth-order valence-corrected chi connectivity index (χ4v) is 3.32. The number of carbonyl (C=O) groups is 1. The lowest BCUT2D eigenvalue weighted by Gasteiger charge is -2.40. The lowest BCUT2D eigenvalue weighted by molar-refractivity contribution is -0.123. The number of rotatable bonds is 4. The van der Waals surface area contributed by atoms with Crippen molar-refractivity contribution < 1.29 is 4.79 Å². The maximum Gasteiger partial charge on any atom is 0.135 e. The molecule has 2 aromatic rings. The molecule has 1 atom stereocenters. The summed E-state index contributed by atoms with van der Waals surface area (Å²) in [6, 6.07) is 21.2. The summed E-state index contributed by atoms with van der Waals surface area (Å²) >= 11 is 0. The van der Waals surface area contributed by atoms with E-state index < -0.39 is 0 Å². The summed E-state index contributed by atoms with van der Waals surface area (Å²) < 4.78 is 0. The number of carbonyl (C=O) groups excluding carboxylic acids is 1. The number of nitrogens with two attached hydrogens (primary N) is 1. The smallest absolute Gasteiger partial charge is 0.135 e. The molecule has 1 unspecified atom stereocenters. The van der Waals surface area contributed by atoms with Crippen molar-refractivity contribution in [3.05, 3.63) is 71.8 Å². The molecule has 0 spiro atoms. The molecule has 2 aromatic carbocycles. The number of hydrogen-bond donors (Lipinski definition) is 1. The first-order chi connectivity index (χ1) is 10.8. The van der Waals surface area contributed by atoms with Gasteiger partial charge in [0.1, 0.15) is 5.78 Å². The van der Waals surface area contributed by atoms with Crippen molar-refractivity contribution in [1.29, 1.82) is 0 Å². The minimum atomic E-state index is 0.117. The van der Waals surface area contributed by atoms with Gasteiger partial charge in [0.2, 0.25) is 0 Å². The standard InChI is InChI=1S/C19H22N2O/c20-14-17-13-18(22)11-12-21(17)19(15-7-3-1-4-8-15)16-9-5-2-6-10-16/h1-10,17,19H,11-14,20H2. The SMILES string of the molecule is NCC1CC(=O)CCN1C(c1ccccc1)c1ccccc1. The van der Waals surface area contributed by atoms with E-state index in [1.54, 1.807) is 0 Å². The van der Waals surface area contributed by atoms with E-state index in [4.69, 9.17) is 5.73 Å². The average Bonchev–Trinajstić information content (AvgIpc) is 2.58. The zero-order chi connectivity index (χ0) is 15.4. The Morgan fingerprint density at radius 2 is 1.55 bits per heavy atom. The third kappa shape index (κ3) is 3.11. The molecule has 0 amide bonds. The molecule has 1 aliphatic rings. The molecule has 1 saturated heterocycles. The first kappa shape index (κ1) is 14.9. The molecule has 3 nitrogen and oxygen atoms in total. The molecule has 1 heterocycles. The van der Waals surface area contributed by atoms with Gasteiger partial charge in [0, 0.05) is 32.0 Å². The second-order valence-corrected chi connectivity index (χ2v) is 5.84. The predicted octanol–water partition coefficient (Wildman–Crippen LogP) is 2.77. The van der Waals surface area contributed by atoms with Gasteiger partial charge in [0.15, 0.2) is 0 Å². The van der Waals surface area contributed by atoms with Gasteiger partial charge in [-0.25, -0.2) is 0 Å². The molecular formula is C19H22N2O. The Bertz CT molecular complexity index is 572. The van der Waals surface area contributed by atoms with Crippen molar-refractivity contribution in [2.45, 2.75) is 24.9 Å². The highest BCUT2D eigenvalue weighted by Crippen LogP contribution is 2.32. The van der Waals surface area contributed by atoms with Gasteiger partial charge >= 0.3 is 0 Å². The van der Waals surface area contributed by atoms with Gasteiger partial charge in [0.25, 0.3) is 0 Å². The third-order valence-electron chi connectivity index (χ3n) is 4.42. The Morgan fingerprint density at radius 3 is 2.05 bits per heavy atom. The van der Waals surface area contributed by atoms with Gasteiger partial charge in [0.05, 0.1) is 6.04 Å². The van der Waals surface area contributed by atoms with Crippen LogP contribution in [0.1, 0.15) is 30.0 Å². The second kappa shape index (κ2) is 6.86. The molecule has 114 valence electrons. The quantitative estimate of drug-likeness (QED) is 0.943. The molecule has 0 saturated carbocycles. The number of piperidine rings is 1. The summed E-state index contributed by atoms with van der Waals surface area (Å²) in [4.78, 5) is 14.2. The van der Waals surface area contributed by atoms with Crippen molar-refractivity contribution in [1.82, 2.24) is 4.90 Å². The topological polar surface area (TPSA) is 46.3 Å². The van der Waals surface area contributed by atoms with E-state index in [2.05, 4.69) is 53.4 Å². The van der Waals surface area contributed by atoms with Crippen molar-refractivity contribution >= 4 is 5.78 Å². The van der Waals surface area contributed by atoms with Crippen molar-refractivity contribution in [2.24, 2.45) is 5.73 Å². The van der Waals surface area contributed by atoms with Crippen molar-refractivity contribution in [3.8, 4) is 0 Å². The lowest BCUT2D eigenvalue weighted by Crippen LogP contribution is -2.48. The number of nitrogens with zero attached hydrogens (tertiary/aromatic N) is 1. The van der Waals surface area contributed by atoms with E-state index in [-0.39, 0.29) is 12.1 Å². The Morgan fingerprint density at radius 1 is 1.00 bits per heavy atom. The van der Waals surface area contributed by atoms with Crippen LogP contribution in [0.2, 0.25) is 0 Å². The van der Waals surface area contributed by atoms with E-state index in [1.165, 1.54) is 11.1 Å². The van der Waals surface area contributed by atoms with Crippen LogP contribution in [0, 0.1) is 0 Å². The Kier molecular flexibility index (Phi) is 4.66. The number of hydrogen-bond acceptors (Lipinski definition) is 3. The maximum absolute atomic E-state index is 11.8. The minimum Gasteiger partial charge on any atom is -0.329 e. The molecule has 3 heteroatoms. The lowest BCUT2D eigenvalue weighted by atomic mass is 9.91. The summed E-state index contributed by atoms with van der Waals surface area (Å²) in [6.07, 6.45) is 1.18. The van der Waals surface area contributed by atoms with Crippen LogP contribution in [0.5, 0.6) is 0 Å². The van der Waals surface area contributed by atoms with Gasteiger partial charge in [-0.3, -0.25) is 9.69 Å². The fourth-order valence-electron chi connectivity index (χ4n) is 3.32. The Hall–Kier alpha value is -1.97. The molecule has 22 heavy (non-hydrogen) atoms. The largest absolute Gasteiger partial charge is 0.329 e. The maximum atomic E-state index is 11.8. The predicted molar refractivity (Wildman–Crippen MR) is 88.5 cm³/mol. The zero-order valence-electron chi connectivity index (χ0n) is 12.7. The summed E-state index contributed by atoms with van der Waals surface area (Å²) in [6.45, 7) is 1.29. The highest BCUT2D eigenvalue weighted by molar-refractivity contribution is 5.80. The van der Waals surface area contributed by atoms with E-state index in [1.807, 2.05) is 12.1 Å².